The lowest BCUT2D eigenvalue weighted by molar-refractivity contribution is 0.00912. The third kappa shape index (κ3) is 4.25. The van der Waals surface area contributed by atoms with Crippen molar-refractivity contribution in [3.63, 3.8) is 0 Å². The maximum absolute atomic E-state index is 10.4. The number of rotatable bonds is 8. The molecule has 3 heterocycles. The highest BCUT2D eigenvalue weighted by atomic mass is 79.9. The monoisotopic (exact) mass is 449 g/mol. The van der Waals surface area contributed by atoms with Crippen LogP contribution in [-0.2, 0) is 4.74 Å². The smallest absolute Gasteiger partial charge is 0.148 e. The van der Waals surface area contributed by atoms with Gasteiger partial charge in [-0.25, -0.2) is 9.97 Å². The van der Waals surface area contributed by atoms with Crippen molar-refractivity contribution in [1.82, 2.24) is 19.9 Å². The molecule has 1 aliphatic carbocycles. The number of hydrogen-bond donors (Lipinski definition) is 3. The molecular formula is C20H28BrN5O2. The van der Waals surface area contributed by atoms with Crippen molar-refractivity contribution in [2.24, 2.45) is 5.92 Å². The van der Waals surface area contributed by atoms with Crippen molar-refractivity contribution in [2.75, 3.05) is 18.8 Å². The third-order valence-corrected chi connectivity index (χ3v) is 6.35. The molecule has 0 unspecified atom stereocenters. The van der Waals surface area contributed by atoms with Crippen LogP contribution in [0.3, 0.4) is 0 Å². The number of aromatic nitrogens is 3. The first-order valence-electron chi connectivity index (χ1n) is 10.1. The van der Waals surface area contributed by atoms with Crippen molar-refractivity contribution in [3.05, 3.63) is 29.1 Å². The molecule has 28 heavy (non-hydrogen) atoms. The van der Waals surface area contributed by atoms with Crippen LogP contribution in [0.4, 0.5) is 5.82 Å². The van der Waals surface area contributed by atoms with Gasteiger partial charge in [-0.3, -0.25) is 0 Å². The van der Waals surface area contributed by atoms with E-state index in [1.165, 1.54) is 25.6 Å². The molecular weight excluding hydrogens is 422 g/mol. The van der Waals surface area contributed by atoms with Gasteiger partial charge in [0, 0.05) is 17.1 Å². The first kappa shape index (κ1) is 19.8. The van der Waals surface area contributed by atoms with Crippen molar-refractivity contribution >= 4 is 32.8 Å². The molecule has 0 bridgehead atoms. The second-order valence-corrected chi connectivity index (χ2v) is 8.63. The maximum Gasteiger partial charge on any atom is 0.148 e. The summed E-state index contributed by atoms with van der Waals surface area (Å²) in [5, 5.41) is 14.7. The number of aliphatic hydroxyl groups is 1. The molecule has 1 saturated heterocycles. The zero-order chi connectivity index (χ0) is 19.5. The Balaban J connectivity index is 1.29. The summed E-state index contributed by atoms with van der Waals surface area (Å²) in [7, 11) is 0. The molecule has 2 aromatic rings. The summed E-state index contributed by atoms with van der Waals surface area (Å²) in [5.41, 5.74) is 6.67. The second kappa shape index (κ2) is 8.90. The van der Waals surface area contributed by atoms with Crippen molar-refractivity contribution in [1.29, 1.82) is 0 Å². The Morgan fingerprint density at radius 3 is 3.04 bits per heavy atom. The number of aliphatic hydroxyl groups excluding tert-OH is 1. The summed E-state index contributed by atoms with van der Waals surface area (Å²) in [6.45, 7) is 2.20. The molecule has 0 spiro atoms. The van der Waals surface area contributed by atoms with Crippen LogP contribution < -0.4 is 11.1 Å². The van der Waals surface area contributed by atoms with Gasteiger partial charge in [0.1, 0.15) is 30.1 Å². The van der Waals surface area contributed by atoms with E-state index in [-0.39, 0.29) is 12.3 Å². The van der Waals surface area contributed by atoms with E-state index >= 15 is 0 Å². The highest BCUT2D eigenvalue weighted by Gasteiger charge is 2.34. The summed E-state index contributed by atoms with van der Waals surface area (Å²) < 4.78 is 8.83. The fraction of sp³-hybridized carbons (Fsp3) is 0.600. The minimum absolute atomic E-state index is 0.281. The minimum Gasteiger partial charge on any atom is -0.390 e. The zero-order valence-corrected chi connectivity index (χ0v) is 17.5. The molecule has 1 aliphatic heterocycles. The molecule has 4 N–H and O–H groups in total. The van der Waals surface area contributed by atoms with Gasteiger partial charge in [-0.15, -0.1) is 0 Å². The molecule has 2 aromatic heterocycles. The lowest BCUT2D eigenvalue weighted by Gasteiger charge is -2.25. The first-order valence-corrected chi connectivity index (χ1v) is 10.9. The van der Waals surface area contributed by atoms with Gasteiger partial charge in [-0.1, -0.05) is 18.6 Å². The van der Waals surface area contributed by atoms with Crippen molar-refractivity contribution < 1.29 is 9.84 Å². The Kier molecular flexibility index (Phi) is 6.30. The largest absolute Gasteiger partial charge is 0.390 e. The van der Waals surface area contributed by atoms with Crippen LogP contribution in [0.25, 0.3) is 11.0 Å². The predicted molar refractivity (Wildman–Crippen MR) is 113 cm³/mol. The van der Waals surface area contributed by atoms with E-state index in [1.54, 1.807) is 0 Å². The number of allylic oxidation sites excluding steroid dienone is 1. The molecule has 0 amide bonds. The van der Waals surface area contributed by atoms with Gasteiger partial charge in [0.2, 0.25) is 0 Å². The normalized spacial score (nSPS) is 25.7. The van der Waals surface area contributed by atoms with E-state index in [1.807, 2.05) is 16.8 Å². The molecule has 7 nitrogen and oxygen atoms in total. The number of nitrogens with zero attached hydrogens (tertiary/aromatic N) is 3. The highest BCUT2D eigenvalue weighted by molar-refractivity contribution is 9.10. The van der Waals surface area contributed by atoms with E-state index in [4.69, 9.17) is 10.5 Å². The molecule has 152 valence electrons. The topological polar surface area (TPSA) is 98.2 Å². The molecule has 0 radical (unpaired) electrons. The first-order chi connectivity index (χ1) is 13.6. The van der Waals surface area contributed by atoms with E-state index < -0.39 is 6.10 Å². The second-order valence-electron chi connectivity index (χ2n) is 7.77. The van der Waals surface area contributed by atoms with Gasteiger partial charge in [-0.2, -0.15) is 0 Å². The highest BCUT2D eigenvalue weighted by Crippen LogP contribution is 2.36. The van der Waals surface area contributed by atoms with Crippen LogP contribution in [0, 0.1) is 5.92 Å². The van der Waals surface area contributed by atoms with Crippen LogP contribution in [0.15, 0.2) is 29.1 Å². The third-order valence-electron chi connectivity index (χ3n) is 5.75. The van der Waals surface area contributed by atoms with Gasteiger partial charge in [0.05, 0.1) is 11.5 Å². The number of fused-ring (bicyclic) bond motifs is 1. The lowest BCUT2D eigenvalue weighted by Crippen LogP contribution is -2.27. The van der Waals surface area contributed by atoms with Gasteiger partial charge < -0.3 is 25.5 Å². The Morgan fingerprint density at radius 2 is 2.25 bits per heavy atom. The number of hydrogen-bond acceptors (Lipinski definition) is 6. The number of nitrogens with one attached hydrogen (secondary N) is 1. The summed E-state index contributed by atoms with van der Waals surface area (Å²) in [6, 6.07) is 0. The van der Waals surface area contributed by atoms with E-state index in [2.05, 4.69) is 37.3 Å². The van der Waals surface area contributed by atoms with E-state index in [0.29, 0.717) is 17.9 Å². The molecule has 0 aromatic carbocycles. The number of ether oxygens (including phenoxy) is 1. The Labute approximate surface area is 173 Å². The quantitative estimate of drug-likeness (QED) is 0.422. The number of anilines is 1. The van der Waals surface area contributed by atoms with E-state index in [9.17, 15) is 5.11 Å². The molecule has 1 saturated carbocycles. The molecule has 4 rings (SSSR count). The number of nitrogen functional groups attached to an aromatic ring is 1. The number of nitrogens with two attached hydrogens (primary N) is 1. The Bertz CT molecular complexity index is 835. The molecule has 2 fully saturated rings. The summed E-state index contributed by atoms with van der Waals surface area (Å²) >= 11 is 3.52. The van der Waals surface area contributed by atoms with Crippen molar-refractivity contribution in [2.45, 2.75) is 57.0 Å². The summed E-state index contributed by atoms with van der Waals surface area (Å²) in [4.78, 5) is 8.38. The fourth-order valence-corrected chi connectivity index (χ4v) is 4.48. The van der Waals surface area contributed by atoms with Crippen molar-refractivity contribution in [3.8, 4) is 0 Å². The van der Waals surface area contributed by atoms with Crippen LogP contribution in [0.1, 0.15) is 44.8 Å². The number of halogens is 1. The van der Waals surface area contributed by atoms with Crippen LogP contribution in [-0.4, -0.2) is 44.9 Å². The lowest BCUT2D eigenvalue weighted by atomic mass is 9.85. The standard InChI is InChI=1S/C20H28BrN5O2/c21-14-11-26(20-18(14)19(22)24-12-25-20)17-9-15(27)16(28-17)7-2-1-3-8-23-10-13-5-4-6-13/h2,7,11-13,15-17,23,27H,1,3-6,8-10H2,(H2,22,24,25)/b7-2+/t15-,16+,17+/m0/s1. The minimum atomic E-state index is -0.534. The zero-order valence-electron chi connectivity index (χ0n) is 15.9. The predicted octanol–water partition coefficient (Wildman–Crippen LogP) is 3.15. The van der Waals surface area contributed by atoms with Gasteiger partial charge in [0.15, 0.2) is 0 Å². The maximum atomic E-state index is 10.4. The summed E-state index contributed by atoms with van der Waals surface area (Å²) in [5.74, 6) is 1.33. The number of unbranched alkanes of at least 4 members (excludes halogenated alkanes) is 1. The average Bonchev–Trinajstić information content (AvgIpc) is 3.17. The average molecular weight is 450 g/mol. The molecule has 2 aliphatic rings. The molecule has 8 heteroatoms. The van der Waals surface area contributed by atoms with Crippen LogP contribution in [0.2, 0.25) is 0 Å². The van der Waals surface area contributed by atoms with Crippen LogP contribution in [0.5, 0.6) is 0 Å². The SMILES string of the molecule is Nc1ncnc2c1c(Br)cn2[C@H]1C[C@H](O)[C@@H](/C=C/CCCNCC2CCC2)O1. The Hall–Kier alpha value is -1.48. The molecule has 3 atom stereocenters. The van der Waals surface area contributed by atoms with E-state index in [0.717, 1.165) is 41.7 Å². The van der Waals surface area contributed by atoms with Gasteiger partial charge in [-0.05, 0) is 60.6 Å². The summed E-state index contributed by atoms with van der Waals surface area (Å²) in [6.07, 6.45) is 13.1. The van der Waals surface area contributed by atoms with Gasteiger partial charge >= 0.3 is 0 Å². The Morgan fingerprint density at radius 1 is 1.39 bits per heavy atom. The van der Waals surface area contributed by atoms with Gasteiger partial charge in [0.25, 0.3) is 0 Å². The van der Waals surface area contributed by atoms with Crippen LogP contribution >= 0.6 is 15.9 Å². The fourth-order valence-electron chi connectivity index (χ4n) is 3.88.